The number of hydrogen-bond donors (Lipinski definition) is 0. The van der Waals surface area contributed by atoms with Crippen LogP contribution in [0.1, 0.15) is 5.56 Å². The lowest BCUT2D eigenvalue weighted by Crippen LogP contribution is -2.07. The molecule has 0 aliphatic heterocycles. The molecule has 0 aromatic heterocycles. The molecule has 0 aliphatic carbocycles. The van der Waals surface area contributed by atoms with Crippen LogP contribution in [0.5, 0.6) is 28.7 Å². The Morgan fingerprint density at radius 2 is 1.05 bits per heavy atom. The lowest BCUT2D eigenvalue weighted by Gasteiger charge is -2.21. The summed E-state index contributed by atoms with van der Waals surface area (Å²) in [5, 5.41) is -0.559. The van der Waals surface area contributed by atoms with Crippen molar-refractivity contribution in [2.75, 3.05) is 35.5 Å². The summed E-state index contributed by atoms with van der Waals surface area (Å²) in [6.45, 7) is 0. The van der Waals surface area contributed by atoms with Crippen molar-refractivity contribution in [3.8, 4) is 28.7 Å². The first-order valence-electron chi connectivity index (χ1n) is 5.66. The van der Waals surface area contributed by atoms with Gasteiger partial charge in [-0.25, -0.2) is 0 Å². The fourth-order valence-electron chi connectivity index (χ4n) is 1.97. The number of halogens is 1. The molecule has 6 nitrogen and oxygen atoms in total. The minimum absolute atomic E-state index is 0.0926. The number of benzene rings is 1. The maximum Gasteiger partial charge on any atom is 0.226 e. The highest BCUT2D eigenvalue weighted by Gasteiger charge is 2.29. The summed E-state index contributed by atoms with van der Waals surface area (Å²) in [7, 11) is 7.28. The van der Waals surface area contributed by atoms with Gasteiger partial charge in [0, 0.05) is 0 Å². The van der Waals surface area contributed by atoms with Crippen LogP contribution in [0, 0.1) is 0 Å². The molecule has 0 bridgehead atoms. The molecule has 0 fully saturated rings. The summed E-state index contributed by atoms with van der Waals surface area (Å²) in [5.41, 5.74) is 0.435. The van der Waals surface area contributed by atoms with E-state index < -0.39 is 5.24 Å². The zero-order valence-electron chi connectivity index (χ0n) is 12.0. The second-order valence-electron chi connectivity index (χ2n) is 3.68. The van der Waals surface area contributed by atoms with E-state index in [-0.39, 0.29) is 6.42 Å². The van der Waals surface area contributed by atoms with E-state index in [1.54, 1.807) is 0 Å². The maximum atomic E-state index is 11.2. The van der Waals surface area contributed by atoms with Crippen molar-refractivity contribution in [3.05, 3.63) is 5.56 Å². The molecule has 112 valence electrons. The Morgan fingerprint density at radius 3 is 1.30 bits per heavy atom. The average Bonchev–Trinajstić information content (AvgIpc) is 2.44. The molecule has 0 saturated carbocycles. The van der Waals surface area contributed by atoms with Gasteiger partial charge in [0.2, 0.25) is 22.5 Å². The number of carbonyl (C=O) groups excluding carboxylic acids is 1. The molecule has 0 saturated heterocycles. The van der Waals surface area contributed by atoms with E-state index in [1.165, 1.54) is 35.5 Å². The summed E-state index contributed by atoms with van der Waals surface area (Å²) in [6.07, 6.45) is -0.0926. The smallest absolute Gasteiger partial charge is 0.226 e. The summed E-state index contributed by atoms with van der Waals surface area (Å²) >= 11 is 5.47. The second kappa shape index (κ2) is 7.09. The number of rotatable bonds is 7. The number of carbonyl (C=O) groups is 1. The van der Waals surface area contributed by atoms with E-state index in [4.69, 9.17) is 35.3 Å². The third-order valence-electron chi connectivity index (χ3n) is 2.71. The first-order valence-corrected chi connectivity index (χ1v) is 6.04. The van der Waals surface area contributed by atoms with Gasteiger partial charge in [-0.3, -0.25) is 4.79 Å². The Hall–Kier alpha value is -1.82. The first-order chi connectivity index (χ1) is 9.55. The van der Waals surface area contributed by atoms with Gasteiger partial charge in [0.05, 0.1) is 47.5 Å². The van der Waals surface area contributed by atoms with Gasteiger partial charge in [0.25, 0.3) is 0 Å². The highest BCUT2D eigenvalue weighted by molar-refractivity contribution is 6.63. The molecule has 0 spiro atoms. The average molecular weight is 305 g/mol. The van der Waals surface area contributed by atoms with Gasteiger partial charge in [-0.1, -0.05) is 0 Å². The van der Waals surface area contributed by atoms with E-state index in [0.717, 1.165) is 0 Å². The largest absolute Gasteiger partial charge is 0.492 e. The second-order valence-corrected chi connectivity index (χ2v) is 4.10. The van der Waals surface area contributed by atoms with Crippen LogP contribution in [0.15, 0.2) is 0 Å². The lowest BCUT2D eigenvalue weighted by molar-refractivity contribution is -0.111. The molecule has 0 N–H and O–H groups in total. The van der Waals surface area contributed by atoms with Gasteiger partial charge in [-0.05, 0) is 11.6 Å². The van der Waals surface area contributed by atoms with E-state index in [2.05, 4.69) is 0 Å². The highest BCUT2D eigenvalue weighted by Crippen LogP contribution is 2.53. The molecule has 1 aromatic rings. The Labute approximate surface area is 122 Å². The molecule has 1 aromatic carbocycles. The monoisotopic (exact) mass is 304 g/mol. The van der Waals surface area contributed by atoms with Crippen LogP contribution in [-0.2, 0) is 11.2 Å². The van der Waals surface area contributed by atoms with Crippen molar-refractivity contribution >= 4 is 16.8 Å². The van der Waals surface area contributed by atoms with Crippen LogP contribution >= 0.6 is 11.6 Å². The van der Waals surface area contributed by atoms with Crippen molar-refractivity contribution in [2.45, 2.75) is 6.42 Å². The van der Waals surface area contributed by atoms with Crippen LogP contribution in [0.2, 0.25) is 0 Å². The Bertz CT molecular complexity index is 467. The predicted octanol–water partition coefficient (Wildman–Crippen LogP) is 2.04. The molecule has 0 unspecified atom stereocenters. The molecular formula is C13H17ClO6. The van der Waals surface area contributed by atoms with Gasteiger partial charge in [-0.2, -0.15) is 0 Å². The molecule has 0 aliphatic rings. The van der Waals surface area contributed by atoms with Gasteiger partial charge >= 0.3 is 0 Å². The Morgan fingerprint density at radius 1 is 0.750 bits per heavy atom. The Balaban J connectivity index is 3.74. The zero-order valence-corrected chi connectivity index (χ0v) is 12.8. The van der Waals surface area contributed by atoms with Gasteiger partial charge < -0.3 is 23.7 Å². The van der Waals surface area contributed by atoms with Crippen molar-refractivity contribution in [1.29, 1.82) is 0 Å². The van der Waals surface area contributed by atoms with Crippen molar-refractivity contribution in [2.24, 2.45) is 0 Å². The van der Waals surface area contributed by atoms with Crippen molar-refractivity contribution in [3.63, 3.8) is 0 Å². The van der Waals surface area contributed by atoms with E-state index in [0.29, 0.717) is 34.3 Å². The first kappa shape index (κ1) is 16.2. The van der Waals surface area contributed by atoms with Gasteiger partial charge in [0.1, 0.15) is 0 Å². The minimum atomic E-state index is -0.559. The Kier molecular flexibility index (Phi) is 5.76. The van der Waals surface area contributed by atoms with Crippen molar-refractivity contribution in [1.82, 2.24) is 0 Å². The van der Waals surface area contributed by atoms with Gasteiger partial charge in [0.15, 0.2) is 11.5 Å². The minimum Gasteiger partial charge on any atom is -0.492 e. The van der Waals surface area contributed by atoms with E-state index >= 15 is 0 Å². The highest BCUT2D eigenvalue weighted by atomic mass is 35.5. The van der Waals surface area contributed by atoms with E-state index in [9.17, 15) is 4.79 Å². The van der Waals surface area contributed by atoms with Crippen LogP contribution in [-0.4, -0.2) is 40.8 Å². The normalized spacial score (nSPS) is 9.90. The van der Waals surface area contributed by atoms with Gasteiger partial charge in [-0.15, -0.1) is 0 Å². The molecule has 0 radical (unpaired) electrons. The molecule has 7 heteroatoms. The molecule has 0 heterocycles. The fourth-order valence-corrected chi connectivity index (χ4v) is 2.11. The lowest BCUT2D eigenvalue weighted by atomic mass is 10.1. The number of methoxy groups -OCH3 is 5. The summed E-state index contributed by atoms with van der Waals surface area (Å²) in [6, 6.07) is 0. The standard InChI is InChI=1S/C13H17ClO6/c1-16-9-7(6-8(14)15)10(17-2)12(19-4)13(20-5)11(9)18-3/h6H2,1-5H3. The van der Waals surface area contributed by atoms with Crippen LogP contribution < -0.4 is 23.7 Å². The van der Waals surface area contributed by atoms with Crippen LogP contribution in [0.25, 0.3) is 0 Å². The molecule has 1 rings (SSSR count). The topological polar surface area (TPSA) is 63.2 Å². The summed E-state index contributed by atoms with van der Waals surface area (Å²) in [5.74, 6) is 1.56. The van der Waals surface area contributed by atoms with E-state index in [1.807, 2.05) is 0 Å². The summed E-state index contributed by atoms with van der Waals surface area (Å²) in [4.78, 5) is 11.2. The number of ether oxygens (including phenoxy) is 5. The van der Waals surface area contributed by atoms with Crippen molar-refractivity contribution < 1.29 is 28.5 Å². The summed E-state index contributed by atoms with van der Waals surface area (Å²) < 4.78 is 26.4. The molecular weight excluding hydrogens is 288 g/mol. The third kappa shape index (κ3) is 2.85. The van der Waals surface area contributed by atoms with Crippen LogP contribution in [0.3, 0.4) is 0 Å². The number of hydrogen-bond acceptors (Lipinski definition) is 6. The predicted molar refractivity (Wildman–Crippen MR) is 73.8 cm³/mol. The van der Waals surface area contributed by atoms with Crippen LogP contribution in [0.4, 0.5) is 0 Å². The molecule has 20 heavy (non-hydrogen) atoms. The fraction of sp³-hybridized carbons (Fsp3) is 0.462. The zero-order chi connectivity index (χ0) is 15.3. The quantitative estimate of drug-likeness (QED) is 0.718. The maximum absolute atomic E-state index is 11.2. The molecule has 0 atom stereocenters. The SMILES string of the molecule is COc1c(CC(=O)Cl)c(OC)c(OC)c(OC)c1OC. The molecule has 0 amide bonds. The third-order valence-corrected chi connectivity index (χ3v) is 2.84.